The van der Waals surface area contributed by atoms with E-state index in [1.807, 2.05) is 24.3 Å². The van der Waals surface area contributed by atoms with Crippen LogP contribution in [0.1, 0.15) is 69.8 Å². The van der Waals surface area contributed by atoms with Crippen molar-refractivity contribution in [1.29, 1.82) is 0 Å². The zero-order valence-electron chi connectivity index (χ0n) is 13.2. The summed E-state index contributed by atoms with van der Waals surface area (Å²) in [5, 5.41) is 0.693. The Labute approximate surface area is 133 Å². The minimum absolute atomic E-state index is 0.150. The lowest BCUT2D eigenvalue weighted by Gasteiger charge is -2.15. The summed E-state index contributed by atoms with van der Waals surface area (Å²) in [6, 6.07) is 7.51. The number of ether oxygens (including phenoxy) is 1. The van der Waals surface area contributed by atoms with Gasteiger partial charge in [0.1, 0.15) is 0 Å². The second kappa shape index (κ2) is 10.7. The van der Waals surface area contributed by atoms with E-state index >= 15 is 0 Å². The topological polar surface area (TPSA) is 26.3 Å². The van der Waals surface area contributed by atoms with Gasteiger partial charge in [0.15, 0.2) is 0 Å². The van der Waals surface area contributed by atoms with Crippen LogP contribution < -0.4 is 0 Å². The summed E-state index contributed by atoms with van der Waals surface area (Å²) in [7, 11) is 1.45. The third-order valence-electron chi connectivity index (χ3n) is 3.85. The van der Waals surface area contributed by atoms with Crippen LogP contribution in [0.4, 0.5) is 0 Å². The van der Waals surface area contributed by atoms with Gasteiger partial charge in [0.25, 0.3) is 0 Å². The summed E-state index contributed by atoms with van der Waals surface area (Å²) in [6.45, 7) is 2.23. The molecule has 0 saturated carbocycles. The largest absolute Gasteiger partial charge is 0.469 e. The van der Waals surface area contributed by atoms with Crippen LogP contribution in [0.3, 0.4) is 0 Å². The van der Waals surface area contributed by atoms with E-state index in [2.05, 4.69) is 6.92 Å². The number of carbonyl (C=O) groups excluding carboxylic acids is 1. The number of halogens is 1. The Hall–Kier alpha value is -1.02. The molecule has 3 heteroatoms. The van der Waals surface area contributed by atoms with Crippen molar-refractivity contribution >= 4 is 17.6 Å². The Morgan fingerprint density at radius 2 is 1.62 bits per heavy atom. The Morgan fingerprint density at radius 3 is 2.19 bits per heavy atom. The molecule has 118 valence electrons. The molecular weight excluding hydrogens is 284 g/mol. The highest BCUT2D eigenvalue weighted by Crippen LogP contribution is 2.25. The molecule has 0 radical (unpaired) electrons. The maximum Gasteiger partial charge on any atom is 0.313 e. The lowest BCUT2D eigenvalue weighted by molar-refractivity contribution is -0.142. The highest BCUT2D eigenvalue weighted by atomic mass is 35.5. The van der Waals surface area contributed by atoms with E-state index in [1.165, 1.54) is 45.6 Å². The van der Waals surface area contributed by atoms with Gasteiger partial charge in [-0.3, -0.25) is 4.79 Å². The van der Waals surface area contributed by atoms with Gasteiger partial charge >= 0.3 is 5.97 Å². The van der Waals surface area contributed by atoms with Crippen LogP contribution in [-0.2, 0) is 9.53 Å². The van der Waals surface area contributed by atoms with Gasteiger partial charge in [-0.15, -0.1) is 0 Å². The molecule has 0 aliphatic heterocycles. The first kappa shape index (κ1) is 18.0. The number of hydrogen-bond donors (Lipinski definition) is 0. The van der Waals surface area contributed by atoms with E-state index in [0.29, 0.717) is 5.02 Å². The van der Waals surface area contributed by atoms with Crippen LogP contribution >= 0.6 is 11.6 Å². The molecule has 1 atom stereocenters. The SMILES string of the molecule is CCCCCCCCCC(C(=O)OC)c1ccc(Cl)cc1. The summed E-state index contributed by atoms with van der Waals surface area (Å²) in [5.41, 5.74) is 0.997. The minimum atomic E-state index is -0.164. The molecule has 2 nitrogen and oxygen atoms in total. The van der Waals surface area contributed by atoms with Crippen LogP contribution in [-0.4, -0.2) is 13.1 Å². The smallest absolute Gasteiger partial charge is 0.313 e. The molecule has 0 saturated heterocycles. The number of hydrogen-bond acceptors (Lipinski definition) is 2. The standard InChI is InChI=1S/C18H27ClO2/c1-3-4-5-6-7-8-9-10-17(18(20)21-2)15-11-13-16(19)14-12-15/h11-14,17H,3-10H2,1-2H3. The highest BCUT2D eigenvalue weighted by molar-refractivity contribution is 6.30. The quantitative estimate of drug-likeness (QED) is 0.407. The second-order valence-corrected chi connectivity index (χ2v) is 5.97. The normalized spacial score (nSPS) is 12.1. The maximum atomic E-state index is 11.9. The molecule has 1 aromatic carbocycles. The molecule has 0 aliphatic rings. The predicted molar refractivity (Wildman–Crippen MR) is 88.8 cm³/mol. The third kappa shape index (κ3) is 6.99. The number of rotatable bonds is 10. The average molecular weight is 311 g/mol. The van der Waals surface area contributed by atoms with Crippen molar-refractivity contribution in [3.05, 3.63) is 34.9 Å². The van der Waals surface area contributed by atoms with Gasteiger partial charge in [-0.2, -0.15) is 0 Å². The Bertz CT molecular complexity index is 400. The van der Waals surface area contributed by atoms with Gasteiger partial charge in [-0.05, 0) is 24.1 Å². The van der Waals surface area contributed by atoms with Crippen LogP contribution in [0, 0.1) is 0 Å². The Kier molecular flexibility index (Phi) is 9.16. The van der Waals surface area contributed by atoms with Crippen molar-refractivity contribution in [2.75, 3.05) is 7.11 Å². The van der Waals surface area contributed by atoms with Crippen molar-refractivity contribution in [3.8, 4) is 0 Å². The van der Waals surface area contributed by atoms with E-state index in [1.54, 1.807) is 0 Å². The fourth-order valence-electron chi connectivity index (χ4n) is 2.56. The van der Waals surface area contributed by atoms with Crippen LogP contribution in [0.25, 0.3) is 0 Å². The molecular formula is C18H27ClO2. The second-order valence-electron chi connectivity index (χ2n) is 5.54. The van der Waals surface area contributed by atoms with Gasteiger partial charge < -0.3 is 4.74 Å². The summed E-state index contributed by atoms with van der Waals surface area (Å²) < 4.78 is 4.94. The summed E-state index contributed by atoms with van der Waals surface area (Å²) in [4.78, 5) is 11.9. The fraction of sp³-hybridized carbons (Fsp3) is 0.611. The lowest BCUT2D eigenvalue weighted by atomic mass is 9.93. The zero-order valence-corrected chi connectivity index (χ0v) is 14.0. The minimum Gasteiger partial charge on any atom is -0.469 e. The van der Waals surface area contributed by atoms with Crippen LogP contribution in [0.2, 0.25) is 5.02 Å². The van der Waals surface area contributed by atoms with Crippen LogP contribution in [0.15, 0.2) is 24.3 Å². The third-order valence-corrected chi connectivity index (χ3v) is 4.11. The molecule has 1 aromatic rings. The zero-order chi connectivity index (χ0) is 15.5. The Balaban J connectivity index is 2.41. The highest BCUT2D eigenvalue weighted by Gasteiger charge is 2.20. The van der Waals surface area contributed by atoms with Gasteiger partial charge in [0.2, 0.25) is 0 Å². The molecule has 0 N–H and O–H groups in total. The molecule has 0 aromatic heterocycles. The van der Waals surface area contributed by atoms with E-state index < -0.39 is 0 Å². The number of carbonyl (C=O) groups is 1. The predicted octanol–water partition coefficient (Wildman–Crippen LogP) is 5.74. The molecule has 21 heavy (non-hydrogen) atoms. The molecule has 0 aliphatic carbocycles. The first-order chi connectivity index (χ1) is 10.2. The maximum absolute atomic E-state index is 11.9. The summed E-state index contributed by atoms with van der Waals surface area (Å²) in [5.74, 6) is -0.314. The van der Waals surface area contributed by atoms with Gasteiger partial charge in [0, 0.05) is 5.02 Å². The van der Waals surface area contributed by atoms with Crippen molar-refractivity contribution in [1.82, 2.24) is 0 Å². The average Bonchev–Trinajstić information content (AvgIpc) is 2.50. The molecule has 0 spiro atoms. The molecule has 0 fully saturated rings. The van der Waals surface area contributed by atoms with Crippen molar-refractivity contribution in [3.63, 3.8) is 0 Å². The summed E-state index contributed by atoms with van der Waals surface area (Å²) in [6.07, 6.45) is 9.60. The molecule has 0 heterocycles. The summed E-state index contributed by atoms with van der Waals surface area (Å²) >= 11 is 5.90. The number of unbranched alkanes of at least 4 members (excludes halogenated alkanes) is 6. The Morgan fingerprint density at radius 1 is 1.05 bits per heavy atom. The van der Waals surface area contributed by atoms with Crippen molar-refractivity contribution in [2.24, 2.45) is 0 Å². The molecule has 0 amide bonds. The lowest BCUT2D eigenvalue weighted by Crippen LogP contribution is -2.14. The monoisotopic (exact) mass is 310 g/mol. The molecule has 1 rings (SSSR count). The first-order valence-electron chi connectivity index (χ1n) is 8.02. The van der Waals surface area contributed by atoms with E-state index in [9.17, 15) is 4.79 Å². The molecule has 0 bridgehead atoms. The van der Waals surface area contributed by atoms with Crippen molar-refractivity contribution < 1.29 is 9.53 Å². The van der Waals surface area contributed by atoms with Gasteiger partial charge in [-0.25, -0.2) is 0 Å². The number of benzene rings is 1. The number of esters is 1. The number of methoxy groups -OCH3 is 1. The van der Waals surface area contributed by atoms with Crippen LogP contribution in [0.5, 0.6) is 0 Å². The van der Waals surface area contributed by atoms with E-state index in [0.717, 1.165) is 18.4 Å². The fourth-order valence-corrected chi connectivity index (χ4v) is 2.69. The van der Waals surface area contributed by atoms with E-state index in [4.69, 9.17) is 16.3 Å². The van der Waals surface area contributed by atoms with Crippen molar-refractivity contribution in [2.45, 2.75) is 64.2 Å². The first-order valence-corrected chi connectivity index (χ1v) is 8.40. The van der Waals surface area contributed by atoms with Gasteiger partial charge in [0.05, 0.1) is 13.0 Å². The van der Waals surface area contributed by atoms with E-state index in [-0.39, 0.29) is 11.9 Å². The van der Waals surface area contributed by atoms with Gasteiger partial charge in [-0.1, -0.05) is 75.6 Å². The molecule has 1 unspecified atom stereocenters.